The maximum Gasteiger partial charge on any atom is 0.225 e. The van der Waals surface area contributed by atoms with Crippen molar-refractivity contribution in [3.05, 3.63) is 33.9 Å². The van der Waals surface area contributed by atoms with Crippen molar-refractivity contribution >= 4 is 5.91 Å². The lowest BCUT2D eigenvalue weighted by molar-refractivity contribution is -0.491. The SMILES string of the molecule is COc1ccc(CCN2C(=O)CC3[C@H](C[N+](=O)[O-])C(C)CC32O)cc1OC. The predicted octanol–water partition coefficient (Wildman–Crippen LogP) is 1.72. The highest BCUT2D eigenvalue weighted by Crippen LogP contribution is 2.52. The Bertz CT molecular complexity index is 739. The number of ether oxygens (including phenoxy) is 2. The zero-order chi connectivity index (χ0) is 19.8. The third kappa shape index (κ3) is 3.45. The van der Waals surface area contributed by atoms with E-state index in [2.05, 4.69) is 0 Å². The van der Waals surface area contributed by atoms with E-state index < -0.39 is 5.72 Å². The molecule has 148 valence electrons. The van der Waals surface area contributed by atoms with Gasteiger partial charge in [0.2, 0.25) is 12.5 Å². The van der Waals surface area contributed by atoms with E-state index in [1.807, 2.05) is 25.1 Å². The van der Waals surface area contributed by atoms with Crippen molar-refractivity contribution in [2.45, 2.75) is 31.9 Å². The number of likely N-dealkylation sites (tertiary alicyclic amines) is 1. The highest BCUT2D eigenvalue weighted by Gasteiger charge is 2.61. The Hall–Kier alpha value is -2.35. The first-order valence-corrected chi connectivity index (χ1v) is 9.15. The van der Waals surface area contributed by atoms with Gasteiger partial charge in [0.05, 0.1) is 14.2 Å². The molecule has 1 saturated carbocycles. The second kappa shape index (κ2) is 7.34. The van der Waals surface area contributed by atoms with E-state index in [0.29, 0.717) is 30.9 Å². The molecule has 1 N–H and O–H groups in total. The second-order valence-electron chi connectivity index (χ2n) is 7.53. The third-order valence-electron chi connectivity index (χ3n) is 6.06. The Morgan fingerprint density at radius 2 is 2.04 bits per heavy atom. The fourth-order valence-electron chi connectivity index (χ4n) is 4.73. The van der Waals surface area contributed by atoms with Crippen LogP contribution >= 0.6 is 0 Å². The molecule has 2 aliphatic rings. The number of carbonyl (C=O) groups excluding carboxylic acids is 1. The zero-order valence-corrected chi connectivity index (χ0v) is 15.9. The number of hydrogen-bond donors (Lipinski definition) is 1. The highest BCUT2D eigenvalue weighted by molar-refractivity contribution is 5.80. The van der Waals surface area contributed by atoms with Crippen molar-refractivity contribution in [2.24, 2.45) is 17.8 Å². The van der Waals surface area contributed by atoms with Crippen LogP contribution in [-0.4, -0.2) is 53.9 Å². The van der Waals surface area contributed by atoms with Crippen LogP contribution in [-0.2, 0) is 11.2 Å². The van der Waals surface area contributed by atoms with Gasteiger partial charge in [-0.25, -0.2) is 0 Å². The zero-order valence-electron chi connectivity index (χ0n) is 15.9. The molecule has 1 saturated heterocycles. The monoisotopic (exact) mass is 378 g/mol. The first-order chi connectivity index (χ1) is 12.8. The molecule has 0 aromatic heterocycles. The summed E-state index contributed by atoms with van der Waals surface area (Å²) in [6, 6.07) is 5.56. The summed E-state index contributed by atoms with van der Waals surface area (Å²) >= 11 is 0. The summed E-state index contributed by atoms with van der Waals surface area (Å²) < 4.78 is 10.5. The Balaban J connectivity index is 1.74. The number of methoxy groups -OCH3 is 2. The number of hydrogen-bond acceptors (Lipinski definition) is 6. The topological polar surface area (TPSA) is 102 Å². The average Bonchev–Trinajstić information content (AvgIpc) is 3.00. The molecule has 1 heterocycles. The van der Waals surface area contributed by atoms with Crippen molar-refractivity contribution in [1.29, 1.82) is 0 Å². The summed E-state index contributed by atoms with van der Waals surface area (Å²) in [5, 5.41) is 22.2. The summed E-state index contributed by atoms with van der Waals surface area (Å²) in [6.07, 6.45) is 1.11. The van der Waals surface area contributed by atoms with Crippen LogP contribution in [0.1, 0.15) is 25.3 Å². The maximum atomic E-state index is 12.5. The van der Waals surface area contributed by atoms with Gasteiger partial charge >= 0.3 is 0 Å². The molecule has 8 nitrogen and oxygen atoms in total. The van der Waals surface area contributed by atoms with E-state index >= 15 is 0 Å². The molecule has 0 radical (unpaired) electrons. The molecule has 1 aromatic rings. The molecule has 1 amide bonds. The Kier molecular flexibility index (Phi) is 5.28. The molecule has 8 heteroatoms. The maximum absolute atomic E-state index is 12.5. The number of aliphatic hydroxyl groups is 1. The molecule has 3 unspecified atom stereocenters. The average molecular weight is 378 g/mol. The van der Waals surface area contributed by atoms with Crippen LogP contribution in [0.15, 0.2) is 18.2 Å². The van der Waals surface area contributed by atoms with Crippen LogP contribution < -0.4 is 9.47 Å². The number of carbonyl (C=O) groups is 1. The van der Waals surface area contributed by atoms with Crippen molar-refractivity contribution in [3.8, 4) is 11.5 Å². The molecule has 4 atom stereocenters. The first-order valence-electron chi connectivity index (χ1n) is 9.15. The van der Waals surface area contributed by atoms with Gasteiger partial charge in [-0.3, -0.25) is 14.9 Å². The summed E-state index contributed by atoms with van der Waals surface area (Å²) in [7, 11) is 3.13. The summed E-state index contributed by atoms with van der Waals surface area (Å²) in [5.41, 5.74) is -0.325. The minimum absolute atomic E-state index is 0.00193. The van der Waals surface area contributed by atoms with Gasteiger partial charge in [-0.05, 0) is 36.5 Å². The van der Waals surface area contributed by atoms with Gasteiger partial charge in [0, 0.05) is 29.7 Å². The second-order valence-corrected chi connectivity index (χ2v) is 7.53. The van der Waals surface area contributed by atoms with Gasteiger partial charge in [-0.1, -0.05) is 13.0 Å². The standard InChI is InChI=1S/C19H26N2O6/c1-12-10-19(23)15(14(12)11-21(24)25)9-18(22)20(19)7-6-13-4-5-16(26-2)17(8-13)27-3/h4-5,8,12,14-15,23H,6-7,9-11H2,1-3H3/t12?,14-,15?,19?/m1/s1. The van der Waals surface area contributed by atoms with Crippen LogP contribution in [0.25, 0.3) is 0 Å². The fraction of sp³-hybridized carbons (Fsp3) is 0.632. The molecule has 2 fully saturated rings. The Morgan fingerprint density at radius 3 is 2.67 bits per heavy atom. The van der Waals surface area contributed by atoms with E-state index in [9.17, 15) is 20.0 Å². The van der Waals surface area contributed by atoms with Gasteiger partial charge in [0.15, 0.2) is 11.5 Å². The van der Waals surface area contributed by atoms with Crippen molar-refractivity contribution in [3.63, 3.8) is 0 Å². The minimum Gasteiger partial charge on any atom is -0.493 e. The van der Waals surface area contributed by atoms with E-state index in [-0.39, 0.29) is 41.5 Å². The fourth-order valence-corrected chi connectivity index (χ4v) is 4.73. The summed E-state index contributed by atoms with van der Waals surface area (Å²) in [6.45, 7) is 2.08. The Morgan fingerprint density at radius 1 is 1.33 bits per heavy atom. The normalized spacial score (nSPS) is 29.7. The molecule has 1 aromatic carbocycles. The number of amides is 1. The minimum atomic E-state index is -1.28. The lowest BCUT2D eigenvalue weighted by Gasteiger charge is -2.34. The van der Waals surface area contributed by atoms with Gasteiger partial charge in [0.25, 0.3) is 0 Å². The van der Waals surface area contributed by atoms with Gasteiger partial charge in [-0.15, -0.1) is 0 Å². The highest BCUT2D eigenvalue weighted by atomic mass is 16.6. The van der Waals surface area contributed by atoms with E-state index in [4.69, 9.17) is 9.47 Å². The largest absolute Gasteiger partial charge is 0.493 e. The molecule has 0 bridgehead atoms. The molecular weight excluding hydrogens is 352 g/mol. The first kappa shape index (κ1) is 19.4. The van der Waals surface area contributed by atoms with Crippen LogP contribution in [0.5, 0.6) is 11.5 Å². The van der Waals surface area contributed by atoms with Gasteiger partial charge < -0.3 is 19.5 Å². The lowest BCUT2D eigenvalue weighted by Crippen LogP contribution is -2.48. The van der Waals surface area contributed by atoms with E-state index in [0.717, 1.165) is 5.56 Å². The van der Waals surface area contributed by atoms with Crippen molar-refractivity contribution in [2.75, 3.05) is 27.3 Å². The summed E-state index contributed by atoms with van der Waals surface area (Å²) in [4.78, 5) is 24.7. The number of fused-ring (bicyclic) bond motifs is 1. The van der Waals surface area contributed by atoms with Crippen LogP contribution in [0.2, 0.25) is 0 Å². The molecule has 1 aliphatic carbocycles. The van der Waals surface area contributed by atoms with E-state index in [1.54, 1.807) is 14.2 Å². The number of rotatable bonds is 7. The molecule has 0 spiro atoms. The van der Waals surface area contributed by atoms with Crippen LogP contribution in [0, 0.1) is 27.9 Å². The summed E-state index contributed by atoms with van der Waals surface area (Å²) in [5.74, 6) is 0.449. The van der Waals surface area contributed by atoms with Crippen molar-refractivity contribution < 1.29 is 24.3 Å². The lowest BCUT2D eigenvalue weighted by atomic mass is 9.88. The van der Waals surface area contributed by atoms with Crippen molar-refractivity contribution in [1.82, 2.24) is 4.90 Å². The smallest absolute Gasteiger partial charge is 0.225 e. The molecule has 3 rings (SSSR count). The molecule has 1 aliphatic heterocycles. The van der Waals surface area contributed by atoms with Crippen LogP contribution in [0.4, 0.5) is 0 Å². The van der Waals surface area contributed by atoms with E-state index in [1.165, 1.54) is 4.90 Å². The molecule has 27 heavy (non-hydrogen) atoms. The third-order valence-corrected chi connectivity index (χ3v) is 6.06. The Labute approximate surface area is 158 Å². The van der Waals surface area contributed by atoms with Gasteiger partial charge in [-0.2, -0.15) is 0 Å². The van der Waals surface area contributed by atoms with Gasteiger partial charge in [0.1, 0.15) is 5.72 Å². The molecular formula is C19H26N2O6. The quantitative estimate of drug-likeness (QED) is 0.572. The number of nitro groups is 1. The number of nitrogens with zero attached hydrogens (tertiary/aromatic N) is 2. The predicted molar refractivity (Wildman–Crippen MR) is 97.2 cm³/mol. The van der Waals surface area contributed by atoms with Crippen LogP contribution in [0.3, 0.4) is 0 Å². The number of benzene rings is 1.